The normalized spacial score (nSPS) is 14.5. The number of carbonyl (C=O) groups excluding carboxylic acids is 1. The third-order valence-electron chi connectivity index (χ3n) is 4.83. The second-order valence-electron chi connectivity index (χ2n) is 6.92. The molecule has 7 heteroatoms. The molecule has 0 unspecified atom stereocenters. The van der Waals surface area contributed by atoms with Gasteiger partial charge in [0.1, 0.15) is 10.8 Å². The van der Waals surface area contributed by atoms with E-state index >= 15 is 0 Å². The SMILES string of the molecule is O=C(Nc1nnc(Cc2ccccc2)s1)c1ccc(N2CCCCCC2)nc1. The van der Waals surface area contributed by atoms with Crippen molar-refractivity contribution in [3.8, 4) is 0 Å². The second-order valence-corrected chi connectivity index (χ2v) is 7.99. The van der Waals surface area contributed by atoms with Crippen molar-refractivity contribution in [3.05, 3.63) is 64.8 Å². The topological polar surface area (TPSA) is 71.0 Å². The maximum atomic E-state index is 12.5. The Hall–Kier alpha value is -2.80. The van der Waals surface area contributed by atoms with Crippen molar-refractivity contribution in [3.63, 3.8) is 0 Å². The number of amides is 1. The van der Waals surface area contributed by atoms with Gasteiger partial charge in [-0.15, -0.1) is 10.2 Å². The van der Waals surface area contributed by atoms with Gasteiger partial charge >= 0.3 is 0 Å². The number of benzene rings is 1. The summed E-state index contributed by atoms with van der Waals surface area (Å²) in [5.74, 6) is 0.733. The van der Waals surface area contributed by atoms with Gasteiger partial charge in [-0.25, -0.2) is 4.98 Å². The highest BCUT2D eigenvalue weighted by Crippen LogP contribution is 2.20. The molecule has 1 amide bonds. The largest absolute Gasteiger partial charge is 0.357 e. The Kier molecular flexibility index (Phi) is 5.92. The zero-order valence-corrected chi connectivity index (χ0v) is 16.5. The molecule has 0 aliphatic carbocycles. The minimum absolute atomic E-state index is 0.211. The molecule has 3 aromatic rings. The third-order valence-corrected chi connectivity index (χ3v) is 5.66. The summed E-state index contributed by atoms with van der Waals surface area (Å²) in [5, 5.41) is 12.5. The smallest absolute Gasteiger partial charge is 0.259 e. The summed E-state index contributed by atoms with van der Waals surface area (Å²) in [5.41, 5.74) is 1.70. The van der Waals surface area contributed by atoms with E-state index in [2.05, 4.69) is 37.5 Å². The van der Waals surface area contributed by atoms with Crippen LogP contribution in [0.5, 0.6) is 0 Å². The van der Waals surface area contributed by atoms with Crippen LogP contribution in [0.25, 0.3) is 0 Å². The lowest BCUT2D eigenvalue weighted by atomic mass is 10.2. The Bertz CT molecular complexity index is 902. The molecule has 1 aromatic carbocycles. The summed E-state index contributed by atoms with van der Waals surface area (Å²) in [4.78, 5) is 19.3. The minimum atomic E-state index is -0.211. The molecule has 0 spiro atoms. The summed E-state index contributed by atoms with van der Waals surface area (Å²) >= 11 is 1.40. The van der Waals surface area contributed by atoms with Gasteiger partial charge in [0.05, 0.1) is 5.56 Å². The van der Waals surface area contributed by atoms with Crippen molar-refractivity contribution in [2.75, 3.05) is 23.3 Å². The molecule has 6 nitrogen and oxygen atoms in total. The highest BCUT2D eigenvalue weighted by molar-refractivity contribution is 7.15. The fourth-order valence-corrected chi connectivity index (χ4v) is 4.09. The average molecular weight is 394 g/mol. The van der Waals surface area contributed by atoms with Crippen LogP contribution in [0.1, 0.15) is 46.6 Å². The Balaban J connectivity index is 1.37. The van der Waals surface area contributed by atoms with Crippen LogP contribution in [0.3, 0.4) is 0 Å². The van der Waals surface area contributed by atoms with E-state index in [1.54, 1.807) is 6.20 Å². The minimum Gasteiger partial charge on any atom is -0.357 e. The van der Waals surface area contributed by atoms with Gasteiger partial charge in [0, 0.05) is 25.7 Å². The molecule has 0 bridgehead atoms. The Morgan fingerprint density at radius 2 is 1.79 bits per heavy atom. The maximum absolute atomic E-state index is 12.5. The zero-order chi connectivity index (χ0) is 19.2. The summed E-state index contributed by atoms with van der Waals surface area (Å²) in [7, 11) is 0. The lowest BCUT2D eigenvalue weighted by Crippen LogP contribution is -2.25. The van der Waals surface area contributed by atoms with E-state index in [0.29, 0.717) is 17.1 Å². The van der Waals surface area contributed by atoms with Crippen LogP contribution in [-0.2, 0) is 6.42 Å². The van der Waals surface area contributed by atoms with Crippen molar-refractivity contribution < 1.29 is 4.79 Å². The first-order valence-corrected chi connectivity index (χ1v) is 10.5. The zero-order valence-electron chi connectivity index (χ0n) is 15.7. The van der Waals surface area contributed by atoms with Crippen LogP contribution >= 0.6 is 11.3 Å². The number of pyridine rings is 1. The summed E-state index contributed by atoms with van der Waals surface area (Å²) in [6, 6.07) is 13.9. The van der Waals surface area contributed by atoms with Crippen molar-refractivity contribution >= 4 is 28.2 Å². The Labute approximate surface area is 168 Å². The van der Waals surface area contributed by atoms with Crippen LogP contribution in [0.15, 0.2) is 48.7 Å². The number of nitrogens with one attached hydrogen (secondary N) is 1. The molecule has 1 saturated heterocycles. The van der Waals surface area contributed by atoms with E-state index in [0.717, 1.165) is 23.9 Å². The van der Waals surface area contributed by atoms with Crippen LogP contribution in [0.2, 0.25) is 0 Å². The molecular formula is C21H23N5OS. The average Bonchev–Trinajstić information content (AvgIpc) is 2.99. The van der Waals surface area contributed by atoms with Crippen molar-refractivity contribution in [1.29, 1.82) is 0 Å². The van der Waals surface area contributed by atoms with Gasteiger partial charge in [-0.3, -0.25) is 10.1 Å². The van der Waals surface area contributed by atoms with E-state index in [1.165, 1.54) is 42.6 Å². The molecular weight excluding hydrogens is 370 g/mol. The number of hydrogen-bond acceptors (Lipinski definition) is 6. The predicted octanol–water partition coefficient (Wildman–Crippen LogP) is 4.16. The van der Waals surface area contributed by atoms with Crippen LogP contribution < -0.4 is 10.2 Å². The monoisotopic (exact) mass is 393 g/mol. The molecule has 144 valence electrons. The van der Waals surface area contributed by atoms with E-state index in [9.17, 15) is 4.79 Å². The molecule has 4 rings (SSSR count). The first-order chi connectivity index (χ1) is 13.8. The van der Waals surface area contributed by atoms with Crippen LogP contribution in [0.4, 0.5) is 10.9 Å². The van der Waals surface area contributed by atoms with Crippen molar-refractivity contribution in [2.24, 2.45) is 0 Å². The van der Waals surface area contributed by atoms with Gasteiger partial charge in [0.15, 0.2) is 0 Å². The number of carbonyl (C=O) groups is 1. The van der Waals surface area contributed by atoms with Gasteiger partial charge in [-0.05, 0) is 30.5 Å². The number of aromatic nitrogens is 3. The molecule has 1 fully saturated rings. The van der Waals surface area contributed by atoms with E-state index in [4.69, 9.17) is 0 Å². The number of anilines is 2. The van der Waals surface area contributed by atoms with E-state index < -0.39 is 0 Å². The Morgan fingerprint density at radius 3 is 2.50 bits per heavy atom. The molecule has 28 heavy (non-hydrogen) atoms. The fraction of sp³-hybridized carbons (Fsp3) is 0.333. The predicted molar refractivity (Wildman–Crippen MR) is 112 cm³/mol. The summed E-state index contributed by atoms with van der Waals surface area (Å²) in [6.45, 7) is 2.07. The molecule has 1 aliphatic heterocycles. The van der Waals surface area contributed by atoms with Crippen molar-refractivity contribution in [1.82, 2.24) is 15.2 Å². The van der Waals surface area contributed by atoms with E-state index in [1.807, 2.05) is 30.3 Å². The lowest BCUT2D eigenvalue weighted by molar-refractivity contribution is 0.102. The molecule has 0 atom stereocenters. The number of nitrogens with zero attached hydrogens (tertiary/aromatic N) is 4. The summed E-state index contributed by atoms with van der Waals surface area (Å²) in [6.07, 6.45) is 7.32. The molecule has 2 aromatic heterocycles. The Morgan fingerprint density at radius 1 is 1.00 bits per heavy atom. The number of hydrogen-bond donors (Lipinski definition) is 1. The molecule has 1 N–H and O–H groups in total. The lowest BCUT2D eigenvalue weighted by Gasteiger charge is -2.21. The summed E-state index contributed by atoms with van der Waals surface area (Å²) < 4.78 is 0. The maximum Gasteiger partial charge on any atom is 0.259 e. The molecule has 3 heterocycles. The van der Waals surface area contributed by atoms with Crippen LogP contribution in [-0.4, -0.2) is 34.2 Å². The highest BCUT2D eigenvalue weighted by atomic mass is 32.1. The standard InChI is InChI=1S/C21H23N5OS/c27-20(17-10-11-18(22-15-17)26-12-6-1-2-7-13-26)23-21-25-24-19(28-21)14-16-8-4-3-5-9-16/h3-5,8-11,15H,1-2,6-7,12-14H2,(H,23,25,27). The molecule has 0 radical (unpaired) electrons. The quantitative estimate of drug-likeness (QED) is 0.705. The third kappa shape index (κ3) is 4.72. The van der Waals surface area contributed by atoms with Gasteiger partial charge < -0.3 is 4.90 Å². The van der Waals surface area contributed by atoms with Crippen LogP contribution in [0, 0.1) is 0 Å². The van der Waals surface area contributed by atoms with Gasteiger partial charge in [-0.1, -0.05) is 54.5 Å². The highest BCUT2D eigenvalue weighted by Gasteiger charge is 2.14. The van der Waals surface area contributed by atoms with Crippen molar-refractivity contribution in [2.45, 2.75) is 32.1 Å². The first-order valence-electron chi connectivity index (χ1n) is 9.66. The van der Waals surface area contributed by atoms with Gasteiger partial charge in [-0.2, -0.15) is 0 Å². The van der Waals surface area contributed by atoms with Gasteiger partial charge in [0.2, 0.25) is 5.13 Å². The van der Waals surface area contributed by atoms with Gasteiger partial charge in [0.25, 0.3) is 5.91 Å². The van der Waals surface area contributed by atoms with E-state index in [-0.39, 0.29) is 5.91 Å². The fourth-order valence-electron chi connectivity index (χ4n) is 3.32. The molecule has 0 saturated carbocycles. The second kappa shape index (κ2) is 8.93. The number of rotatable bonds is 5. The molecule has 1 aliphatic rings. The first kappa shape index (κ1) is 18.6.